The van der Waals surface area contributed by atoms with Crippen molar-refractivity contribution in [2.75, 3.05) is 0 Å². The van der Waals surface area contributed by atoms with Crippen LogP contribution in [0.2, 0.25) is 0 Å². The van der Waals surface area contributed by atoms with Crippen LogP contribution in [0.25, 0.3) is 0 Å². The number of nitrogens with zero attached hydrogens (tertiary/aromatic N) is 1. The van der Waals surface area contributed by atoms with Gasteiger partial charge in [-0.3, -0.25) is 10.1 Å². The van der Waals surface area contributed by atoms with E-state index < -0.39 is 0 Å². The van der Waals surface area contributed by atoms with Crippen LogP contribution in [0.1, 0.15) is 29.9 Å². The van der Waals surface area contributed by atoms with Crippen molar-refractivity contribution in [3.63, 3.8) is 0 Å². The fraction of sp³-hybridized carbons (Fsp3) is 0.300. The number of nitro groups is 1. The summed E-state index contributed by atoms with van der Waals surface area (Å²) < 4.78 is 0. The fourth-order valence-corrected chi connectivity index (χ4v) is 1.66. The molecule has 73 valence electrons. The lowest BCUT2D eigenvalue weighted by molar-refractivity contribution is -0.385. The molecule has 4 heteroatoms. The summed E-state index contributed by atoms with van der Waals surface area (Å²) in [5.74, 6) is 0.259. The molecule has 0 amide bonds. The first-order chi connectivity index (χ1) is 6.74. The Labute approximate surface area is 81.3 Å². The van der Waals surface area contributed by atoms with Crippen molar-refractivity contribution in [2.24, 2.45) is 0 Å². The lowest BCUT2D eigenvalue weighted by Gasteiger charge is -2.05. The Morgan fingerprint density at radius 3 is 2.71 bits per heavy atom. The van der Waals surface area contributed by atoms with Gasteiger partial charge in [0.05, 0.1) is 4.92 Å². The second-order valence-corrected chi connectivity index (χ2v) is 3.44. The third kappa shape index (κ3) is 1.48. The molecule has 1 aliphatic carbocycles. The monoisotopic (exact) mass is 192 g/mol. The second-order valence-electron chi connectivity index (χ2n) is 3.44. The summed E-state index contributed by atoms with van der Waals surface area (Å²) in [6.45, 7) is 0.945. The zero-order valence-electron chi connectivity index (χ0n) is 7.51. The van der Waals surface area contributed by atoms with E-state index in [0.717, 1.165) is 19.4 Å². The summed E-state index contributed by atoms with van der Waals surface area (Å²) in [6.07, 6.45) is 1.96. The molecule has 1 fully saturated rings. The van der Waals surface area contributed by atoms with E-state index in [0.29, 0.717) is 11.1 Å². The third-order valence-corrected chi connectivity index (χ3v) is 2.44. The maximum absolute atomic E-state index is 10.7. The van der Waals surface area contributed by atoms with Gasteiger partial charge in [0.15, 0.2) is 0 Å². The van der Waals surface area contributed by atoms with Crippen LogP contribution in [0.5, 0.6) is 0 Å². The molecule has 0 bridgehead atoms. The van der Waals surface area contributed by atoms with Crippen molar-refractivity contribution in [3.8, 4) is 0 Å². The number of nitro benzene ring substituents is 1. The molecular weight excluding hydrogens is 182 g/mol. The normalized spacial score (nSPS) is 15.5. The van der Waals surface area contributed by atoms with E-state index in [1.165, 1.54) is 6.07 Å². The molecule has 0 unspecified atom stereocenters. The topological polar surface area (TPSA) is 63.4 Å². The average molecular weight is 192 g/mol. The summed E-state index contributed by atoms with van der Waals surface area (Å²) in [5, 5.41) is 19.7. The van der Waals surface area contributed by atoms with Gasteiger partial charge in [-0.2, -0.15) is 0 Å². The Kier molecular flexibility index (Phi) is 2.21. The van der Waals surface area contributed by atoms with Crippen molar-refractivity contribution in [1.29, 1.82) is 0 Å². The molecule has 14 heavy (non-hydrogen) atoms. The number of rotatable bonds is 3. The van der Waals surface area contributed by atoms with Gasteiger partial charge in [-0.05, 0) is 24.3 Å². The number of hydrogen-bond acceptors (Lipinski definition) is 3. The Balaban J connectivity index is 2.52. The summed E-state index contributed by atoms with van der Waals surface area (Å²) in [4.78, 5) is 10.3. The molecule has 1 aromatic rings. The molecule has 0 heterocycles. The minimum Gasteiger partial charge on any atom is -0.385 e. The molecule has 0 spiro atoms. The zero-order chi connectivity index (χ0) is 10.1. The highest BCUT2D eigenvalue weighted by Crippen LogP contribution is 2.45. The molecule has 0 atom stereocenters. The lowest BCUT2D eigenvalue weighted by Crippen LogP contribution is -1.98. The molecule has 2 rings (SSSR count). The summed E-state index contributed by atoms with van der Waals surface area (Å²) in [7, 11) is 0. The summed E-state index contributed by atoms with van der Waals surface area (Å²) in [5.41, 5.74) is 1.37. The Morgan fingerprint density at radius 1 is 1.50 bits per heavy atom. The average Bonchev–Trinajstić information content (AvgIpc) is 2.99. The van der Waals surface area contributed by atoms with Crippen LogP contribution in [0.3, 0.4) is 0 Å². The van der Waals surface area contributed by atoms with E-state index in [1.54, 1.807) is 12.1 Å². The first-order valence-electron chi connectivity index (χ1n) is 4.48. The molecule has 0 aliphatic heterocycles. The van der Waals surface area contributed by atoms with Gasteiger partial charge in [-0.25, -0.2) is 0 Å². The third-order valence-electron chi connectivity index (χ3n) is 2.44. The molecule has 0 saturated heterocycles. The lowest BCUT2D eigenvalue weighted by atomic mass is 10.0. The quantitative estimate of drug-likeness (QED) is 0.590. The van der Waals surface area contributed by atoms with E-state index in [2.05, 4.69) is 0 Å². The standard InChI is InChI=1S/C10H10NO3/c12-6-8-2-1-3-9(11(13)14)10(8)7-4-5-7/h1-3,6-7,12H,4-5H2. The number of aliphatic hydroxyl groups is 1. The van der Waals surface area contributed by atoms with Gasteiger partial charge in [0.25, 0.3) is 5.69 Å². The minimum atomic E-state index is -0.388. The van der Waals surface area contributed by atoms with Crippen LogP contribution in [-0.4, -0.2) is 10.0 Å². The second kappa shape index (κ2) is 3.38. The van der Waals surface area contributed by atoms with Gasteiger partial charge in [0.2, 0.25) is 0 Å². The highest BCUT2D eigenvalue weighted by atomic mass is 16.6. The van der Waals surface area contributed by atoms with E-state index in [9.17, 15) is 10.1 Å². The van der Waals surface area contributed by atoms with E-state index >= 15 is 0 Å². The van der Waals surface area contributed by atoms with E-state index in [4.69, 9.17) is 5.11 Å². The highest BCUT2D eigenvalue weighted by molar-refractivity contribution is 5.51. The van der Waals surface area contributed by atoms with E-state index in [-0.39, 0.29) is 16.5 Å². The Hall–Kier alpha value is -1.42. The van der Waals surface area contributed by atoms with Crippen LogP contribution in [0.15, 0.2) is 18.2 Å². The predicted octanol–water partition coefficient (Wildman–Crippen LogP) is 2.35. The summed E-state index contributed by atoms with van der Waals surface area (Å²) in [6, 6.07) is 4.77. The minimum absolute atomic E-state index is 0.121. The van der Waals surface area contributed by atoms with Gasteiger partial charge >= 0.3 is 0 Å². The van der Waals surface area contributed by atoms with Crippen molar-refractivity contribution in [1.82, 2.24) is 0 Å². The van der Waals surface area contributed by atoms with Crippen LogP contribution in [0.4, 0.5) is 5.69 Å². The number of hydrogen-bond donors (Lipinski definition) is 1. The van der Waals surface area contributed by atoms with Crippen LogP contribution in [0, 0.1) is 16.7 Å². The van der Waals surface area contributed by atoms with Crippen molar-refractivity contribution < 1.29 is 10.0 Å². The van der Waals surface area contributed by atoms with Crippen LogP contribution in [-0.2, 0) is 0 Å². The van der Waals surface area contributed by atoms with Gasteiger partial charge < -0.3 is 5.11 Å². The molecule has 1 N–H and O–H groups in total. The van der Waals surface area contributed by atoms with E-state index in [1.807, 2.05) is 0 Å². The van der Waals surface area contributed by atoms with Crippen LogP contribution < -0.4 is 0 Å². The SMILES string of the molecule is O=[N+]([O-])c1cccc([CH]O)c1C1CC1. The predicted molar refractivity (Wildman–Crippen MR) is 50.4 cm³/mol. The van der Waals surface area contributed by atoms with Crippen LogP contribution >= 0.6 is 0 Å². The number of aliphatic hydroxyl groups excluding tert-OH is 1. The van der Waals surface area contributed by atoms with Gasteiger partial charge in [0.1, 0.15) is 6.61 Å². The van der Waals surface area contributed by atoms with Crippen molar-refractivity contribution in [2.45, 2.75) is 18.8 Å². The van der Waals surface area contributed by atoms with Crippen molar-refractivity contribution >= 4 is 5.69 Å². The maximum Gasteiger partial charge on any atom is 0.273 e. The van der Waals surface area contributed by atoms with Gasteiger partial charge in [0, 0.05) is 11.6 Å². The molecule has 1 radical (unpaired) electrons. The van der Waals surface area contributed by atoms with Gasteiger partial charge in [-0.15, -0.1) is 0 Å². The first-order valence-corrected chi connectivity index (χ1v) is 4.48. The Bertz CT molecular complexity index is 372. The number of benzene rings is 1. The highest BCUT2D eigenvalue weighted by Gasteiger charge is 2.32. The molecule has 1 aliphatic rings. The molecule has 1 saturated carbocycles. The summed E-state index contributed by atoms with van der Waals surface area (Å²) >= 11 is 0. The zero-order valence-corrected chi connectivity index (χ0v) is 7.51. The largest absolute Gasteiger partial charge is 0.385 e. The van der Waals surface area contributed by atoms with Gasteiger partial charge in [-0.1, -0.05) is 12.1 Å². The molecular formula is C10H10NO3. The first kappa shape index (κ1) is 9.15. The Morgan fingerprint density at radius 2 is 2.21 bits per heavy atom. The molecule has 4 nitrogen and oxygen atoms in total. The van der Waals surface area contributed by atoms with Crippen molar-refractivity contribution in [3.05, 3.63) is 46.0 Å². The maximum atomic E-state index is 10.7. The molecule has 1 aromatic carbocycles. The molecule has 0 aromatic heterocycles. The fourth-order valence-electron chi connectivity index (χ4n) is 1.66. The smallest absolute Gasteiger partial charge is 0.273 e.